The number of nitrogens with one attached hydrogen (secondary N) is 1. The van der Waals surface area contributed by atoms with Crippen LogP contribution in [0.15, 0.2) is 96.9 Å². The molecule has 0 bridgehead atoms. The molecule has 2 aliphatic carbocycles. The molecule has 6 aromatic heterocycles. The molecule has 0 unspecified atom stereocenters. The summed E-state index contributed by atoms with van der Waals surface area (Å²) in [5.41, 5.74) is 4.73. The minimum Gasteiger partial charge on any atom is -0.870 e. The SMILES string of the molecule is COC1(c2cnc3[nH]cc(-c4cnn(C)c4)c3c2)CCC(N2CCOCC2)CC1.Cn1cc(-c2cn(S(=O)(=O)c3ccccc3)c3ncc(C4(F)CCC(N5CCOCC5)CC4)cc23)cn1.[Na+].[OH-]. The molecule has 16 nitrogen and oxygen atoms in total. The third kappa shape index (κ3) is 9.86. The van der Waals surface area contributed by atoms with Crippen molar-refractivity contribution in [3.8, 4) is 22.3 Å². The number of morpholine rings is 2. The van der Waals surface area contributed by atoms with E-state index in [1.165, 1.54) is 15.7 Å². The summed E-state index contributed by atoms with van der Waals surface area (Å²) in [6.45, 7) is 7.08. The first-order chi connectivity index (χ1) is 32.0. The van der Waals surface area contributed by atoms with Crippen molar-refractivity contribution in [1.82, 2.24) is 48.3 Å². The van der Waals surface area contributed by atoms with E-state index in [4.69, 9.17) is 19.2 Å². The van der Waals surface area contributed by atoms with E-state index in [0.29, 0.717) is 41.4 Å². The van der Waals surface area contributed by atoms with Crippen LogP contribution in [-0.4, -0.2) is 134 Å². The van der Waals surface area contributed by atoms with Crippen LogP contribution < -0.4 is 29.6 Å². The van der Waals surface area contributed by atoms with E-state index in [2.05, 4.69) is 36.0 Å². The largest absolute Gasteiger partial charge is 1.00 e. The number of pyridine rings is 2. The molecule has 2 N–H and O–H groups in total. The molecule has 356 valence electrons. The minimum atomic E-state index is -3.90. The molecule has 2 saturated carbocycles. The smallest absolute Gasteiger partial charge is 0.870 e. The number of rotatable bonds is 9. The molecule has 1 aromatic carbocycles. The molecule has 0 spiro atoms. The summed E-state index contributed by atoms with van der Waals surface area (Å²) in [6.07, 6.45) is 21.2. The predicted octanol–water partition coefficient (Wildman–Crippen LogP) is 4.02. The number of methoxy groups -OCH3 is 1. The fraction of sp³-hybridized carbons (Fsp3) is 0.469. The molecule has 19 heteroatoms. The molecular formula is C49H60FN10NaO6S. The molecule has 4 fully saturated rings. The average Bonchev–Trinajstić information content (AvgIpc) is 4.19. The van der Waals surface area contributed by atoms with E-state index in [-0.39, 0.29) is 51.2 Å². The van der Waals surface area contributed by atoms with Crippen LogP contribution >= 0.6 is 0 Å². The fourth-order valence-electron chi connectivity index (χ4n) is 10.7. The number of benzene rings is 1. The molecule has 0 atom stereocenters. The third-order valence-corrected chi connectivity index (χ3v) is 16.2. The van der Waals surface area contributed by atoms with Crippen molar-refractivity contribution < 1.29 is 62.1 Å². The zero-order chi connectivity index (χ0) is 45.5. The van der Waals surface area contributed by atoms with E-state index < -0.39 is 15.7 Å². The minimum absolute atomic E-state index is 0. The van der Waals surface area contributed by atoms with E-state index >= 15 is 4.39 Å². The molecule has 2 aliphatic heterocycles. The van der Waals surface area contributed by atoms with Gasteiger partial charge in [0, 0.05) is 141 Å². The van der Waals surface area contributed by atoms with Gasteiger partial charge in [-0.1, -0.05) is 18.2 Å². The zero-order valence-corrected chi connectivity index (χ0v) is 42.2. The van der Waals surface area contributed by atoms with Gasteiger partial charge in [-0.05, 0) is 75.6 Å². The van der Waals surface area contributed by atoms with E-state index in [9.17, 15) is 8.42 Å². The van der Waals surface area contributed by atoms with Crippen LogP contribution in [0.25, 0.3) is 44.3 Å². The van der Waals surface area contributed by atoms with Gasteiger partial charge in [0.05, 0.1) is 49.3 Å². The summed E-state index contributed by atoms with van der Waals surface area (Å²) in [5.74, 6) is 0. The summed E-state index contributed by atoms with van der Waals surface area (Å²) in [6, 6.07) is 13.3. The second kappa shape index (κ2) is 20.9. The summed E-state index contributed by atoms with van der Waals surface area (Å²) in [5, 5.41) is 10.3. The second-order valence-corrected chi connectivity index (χ2v) is 20.1. The first kappa shape index (κ1) is 50.1. The maximum atomic E-state index is 16.4. The van der Waals surface area contributed by atoms with Gasteiger partial charge >= 0.3 is 29.6 Å². The van der Waals surface area contributed by atoms with Gasteiger partial charge in [0.1, 0.15) is 11.3 Å². The van der Waals surface area contributed by atoms with Crippen molar-refractivity contribution in [2.24, 2.45) is 14.1 Å². The van der Waals surface area contributed by atoms with E-state index in [1.807, 2.05) is 49.8 Å². The Balaban J connectivity index is 0.000000183. The van der Waals surface area contributed by atoms with Gasteiger partial charge < -0.3 is 24.7 Å². The average molecular weight is 959 g/mol. The van der Waals surface area contributed by atoms with Gasteiger partial charge in [-0.25, -0.2) is 26.7 Å². The Hall–Kier alpha value is -4.34. The molecule has 68 heavy (non-hydrogen) atoms. The van der Waals surface area contributed by atoms with Gasteiger partial charge in [-0.3, -0.25) is 19.2 Å². The Morgan fingerprint density at radius 2 is 1.26 bits per heavy atom. The van der Waals surface area contributed by atoms with Gasteiger partial charge in [0.25, 0.3) is 10.0 Å². The molecule has 0 radical (unpaired) electrons. The van der Waals surface area contributed by atoms with Crippen LogP contribution in [0.4, 0.5) is 4.39 Å². The number of fused-ring (bicyclic) bond motifs is 2. The van der Waals surface area contributed by atoms with Crippen molar-refractivity contribution >= 4 is 32.1 Å². The summed E-state index contributed by atoms with van der Waals surface area (Å²) >= 11 is 0. The number of nitrogens with zero attached hydrogens (tertiary/aromatic N) is 9. The van der Waals surface area contributed by atoms with Crippen molar-refractivity contribution in [2.45, 2.75) is 79.6 Å². The molecule has 4 aliphatic rings. The Morgan fingerprint density at radius 3 is 1.82 bits per heavy atom. The molecule has 0 amide bonds. The maximum Gasteiger partial charge on any atom is 1.00 e. The number of halogens is 1. The molecule has 8 heterocycles. The van der Waals surface area contributed by atoms with Crippen molar-refractivity contribution in [3.63, 3.8) is 0 Å². The number of hydrogen-bond donors (Lipinski definition) is 1. The monoisotopic (exact) mass is 958 g/mol. The van der Waals surface area contributed by atoms with Gasteiger partial charge in [-0.2, -0.15) is 10.2 Å². The number of ether oxygens (including phenoxy) is 3. The number of hydrogen-bond acceptors (Lipinski definition) is 12. The predicted molar refractivity (Wildman–Crippen MR) is 252 cm³/mol. The standard InChI is InChI=1S/C27H30FN5O3S.C22H29N5O2.Na.H2O/c1-31-18-20(16-30-31)25-19-33(37(34,35)23-5-3-2-4-6-23)26-24(25)15-21(17-29-26)27(28)9-7-22(8-10-27)32-11-13-36-14-12-32;1-26-15-16(12-25-26)20-14-24-21-19(20)11-17(13-23-21)22(28-2)5-3-18(4-6-22)27-7-9-29-10-8-27;;/h2-6,15-19,22H,7-14H2,1H3;11-15,18H,3-10H2,1-2H3,(H,23,24);;1H2/q;;+1;/p-1. The Kier molecular flexibility index (Phi) is 15.4. The Morgan fingerprint density at radius 1 is 0.721 bits per heavy atom. The summed E-state index contributed by atoms with van der Waals surface area (Å²) in [7, 11) is 1.69. The number of alkyl halides is 1. The molecule has 11 rings (SSSR count). The first-order valence-electron chi connectivity index (χ1n) is 23.2. The van der Waals surface area contributed by atoms with Crippen LogP contribution in [0.3, 0.4) is 0 Å². The van der Waals surface area contributed by atoms with E-state index in [1.54, 1.807) is 60.5 Å². The first-order valence-corrected chi connectivity index (χ1v) is 24.6. The topological polar surface area (TPSA) is 180 Å². The Labute approximate surface area is 418 Å². The fourth-order valence-corrected chi connectivity index (χ4v) is 12.0. The van der Waals surface area contributed by atoms with Gasteiger partial charge in [0.2, 0.25) is 0 Å². The van der Waals surface area contributed by atoms with Crippen molar-refractivity contribution in [1.29, 1.82) is 0 Å². The molecular weight excluding hydrogens is 899 g/mol. The van der Waals surface area contributed by atoms with Crippen LogP contribution in [0.2, 0.25) is 0 Å². The zero-order valence-electron chi connectivity index (χ0n) is 39.4. The van der Waals surface area contributed by atoms with Crippen LogP contribution in [0, 0.1) is 0 Å². The van der Waals surface area contributed by atoms with Gasteiger partial charge in [0.15, 0.2) is 5.65 Å². The Bertz CT molecular complexity index is 2890. The van der Waals surface area contributed by atoms with Crippen molar-refractivity contribution in [2.75, 3.05) is 59.7 Å². The summed E-state index contributed by atoms with van der Waals surface area (Å²) in [4.78, 5) is 17.7. The number of H-pyrrole nitrogens is 1. The maximum absolute atomic E-state index is 16.4. The van der Waals surface area contributed by atoms with Crippen LogP contribution in [0.5, 0.6) is 0 Å². The quantitative estimate of drug-likeness (QED) is 0.206. The van der Waals surface area contributed by atoms with E-state index in [0.717, 1.165) is 119 Å². The molecule has 2 saturated heterocycles. The second-order valence-electron chi connectivity index (χ2n) is 18.3. The number of aromatic amines is 1. The number of aryl methyl sites for hydroxylation is 2. The summed E-state index contributed by atoms with van der Waals surface area (Å²) < 4.78 is 65.3. The molecule has 7 aromatic rings. The normalized spacial score (nSPS) is 23.9. The number of aromatic nitrogens is 8. The third-order valence-electron chi connectivity index (χ3n) is 14.5. The van der Waals surface area contributed by atoms with Crippen molar-refractivity contribution in [3.05, 3.63) is 103 Å². The van der Waals surface area contributed by atoms with Crippen LogP contribution in [0.1, 0.15) is 62.5 Å². The van der Waals surface area contributed by atoms with Gasteiger partial charge in [-0.15, -0.1) is 0 Å². The van der Waals surface area contributed by atoms with Crippen LogP contribution in [-0.2, 0) is 49.6 Å².